The second kappa shape index (κ2) is 5.19. The Morgan fingerprint density at radius 2 is 2.24 bits per heavy atom. The summed E-state index contributed by atoms with van der Waals surface area (Å²) in [6.07, 6.45) is 0.695. The minimum atomic E-state index is -0.130. The van der Waals surface area contributed by atoms with E-state index in [2.05, 4.69) is 29.3 Å². The van der Waals surface area contributed by atoms with Crippen molar-refractivity contribution in [2.75, 3.05) is 24.5 Å². The van der Waals surface area contributed by atoms with E-state index < -0.39 is 0 Å². The van der Waals surface area contributed by atoms with Crippen LogP contribution in [0.4, 0.5) is 5.69 Å². The first-order valence-electron chi connectivity index (χ1n) is 6.04. The van der Waals surface area contributed by atoms with Crippen molar-refractivity contribution in [1.29, 1.82) is 0 Å². The van der Waals surface area contributed by atoms with Crippen LogP contribution in [0.2, 0.25) is 0 Å². The number of benzene rings is 1. The summed E-state index contributed by atoms with van der Waals surface area (Å²) in [6.45, 7) is 4.15. The van der Waals surface area contributed by atoms with Gasteiger partial charge >= 0.3 is 0 Å². The molecule has 1 saturated heterocycles. The van der Waals surface area contributed by atoms with Crippen LogP contribution in [0.25, 0.3) is 0 Å². The number of hydrogen-bond donors (Lipinski definition) is 2. The molecule has 1 atom stereocenters. The molecule has 1 aliphatic rings. The lowest BCUT2D eigenvalue weighted by Gasteiger charge is -2.37. The van der Waals surface area contributed by atoms with Gasteiger partial charge in [0, 0.05) is 18.8 Å². The van der Waals surface area contributed by atoms with Crippen LogP contribution in [0.1, 0.15) is 12.0 Å². The van der Waals surface area contributed by atoms with Gasteiger partial charge in [-0.3, -0.25) is 4.79 Å². The van der Waals surface area contributed by atoms with E-state index in [1.54, 1.807) is 0 Å². The van der Waals surface area contributed by atoms with Crippen LogP contribution in [0, 0.1) is 6.92 Å². The first-order chi connectivity index (χ1) is 8.24. The predicted octanol–water partition coefficient (Wildman–Crippen LogP) is 0.649. The summed E-state index contributed by atoms with van der Waals surface area (Å²) in [5.74, 6) is 0.0879. The van der Waals surface area contributed by atoms with E-state index >= 15 is 0 Å². The third-order valence-electron chi connectivity index (χ3n) is 3.20. The Bertz CT molecular complexity index is 405. The van der Waals surface area contributed by atoms with Crippen LogP contribution in [0.15, 0.2) is 24.3 Å². The summed E-state index contributed by atoms with van der Waals surface area (Å²) in [4.78, 5) is 14.0. The van der Waals surface area contributed by atoms with Crippen LogP contribution in [-0.2, 0) is 4.79 Å². The van der Waals surface area contributed by atoms with Gasteiger partial charge in [0.05, 0.1) is 0 Å². The summed E-state index contributed by atoms with van der Waals surface area (Å²) >= 11 is 0. The number of nitrogens with zero attached hydrogens (tertiary/aromatic N) is 1. The van der Waals surface area contributed by atoms with Crippen molar-refractivity contribution in [3.63, 3.8) is 0 Å². The highest BCUT2D eigenvalue weighted by Gasteiger charge is 2.29. The van der Waals surface area contributed by atoms with E-state index in [-0.39, 0.29) is 11.9 Å². The molecule has 1 fully saturated rings. The average Bonchev–Trinajstić information content (AvgIpc) is 2.33. The van der Waals surface area contributed by atoms with Gasteiger partial charge in [-0.25, -0.2) is 0 Å². The van der Waals surface area contributed by atoms with Crippen molar-refractivity contribution in [2.24, 2.45) is 5.73 Å². The fourth-order valence-corrected chi connectivity index (χ4v) is 2.33. The Balaban J connectivity index is 2.28. The minimum absolute atomic E-state index is 0.0879. The smallest absolute Gasteiger partial charge is 0.242 e. The van der Waals surface area contributed by atoms with E-state index in [9.17, 15) is 4.79 Å². The molecule has 1 unspecified atom stereocenters. The van der Waals surface area contributed by atoms with Gasteiger partial charge in [-0.05, 0) is 31.5 Å². The van der Waals surface area contributed by atoms with Gasteiger partial charge in [-0.1, -0.05) is 18.2 Å². The summed E-state index contributed by atoms with van der Waals surface area (Å²) < 4.78 is 0. The van der Waals surface area contributed by atoms with Crippen molar-refractivity contribution in [3.8, 4) is 0 Å². The van der Waals surface area contributed by atoms with Crippen molar-refractivity contribution in [1.82, 2.24) is 5.32 Å². The number of rotatable bonds is 3. The third-order valence-corrected chi connectivity index (χ3v) is 3.20. The second-order valence-electron chi connectivity index (χ2n) is 4.36. The van der Waals surface area contributed by atoms with E-state index in [1.165, 1.54) is 5.56 Å². The zero-order valence-electron chi connectivity index (χ0n) is 10.1. The van der Waals surface area contributed by atoms with Gasteiger partial charge in [0.25, 0.3) is 0 Å². The molecular formula is C13H19N3O. The standard InChI is InChI=1S/C13H19N3O/c1-10-4-2-3-5-11(10)16-9-8-15-13(17)12(16)6-7-14/h2-5,12H,6-9,14H2,1H3,(H,15,17). The molecule has 1 aromatic carbocycles. The van der Waals surface area contributed by atoms with Gasteiger partial charge in [-0.15, -0.1) is 0 Å². The maximum atomic E-state index is 11.9. The van der Waals surface area contributed by atoms with Gasteiger partial charge in [0.15, 0.2) is 0 Å². The van der Waals surface area contributed by atoms with Gasteiger partial charge in [-0.2, -0.15) is 0 Å². The quantitative estimate of drug-likeness (QED) is 0.806. The maximum Gasteiger partial charge on any atom is 0.242 e. The summed E-state index contributed by atoms with van der Waals surface area (Å²) in [5, 5.41) is 2.90. The first kappa shape index (κ1) is 11.9. The Hall–Kier alpha value is -1.55. The van der Waals surface area contributed by atoms with E-state index in [4.69, 9.17) is 5.73 Å². The Labute approximate surface area is 102 Å². The zero-order chi connectivity index (χ0) is 12.3. The molecule has 4 nitrogen and oxygen atoms in total. The second-order valence-corrected chi connectivity index (χ2v) is 4.36. The molecule has 0 aliphatic carbocycles. The average molecular weight is 233 g/mol. The molecule has 92 valence electrons. The SMILES string of the molecule is Cc1ccccc1N1CCNC(=O)C1CCN. The molecule has 0 radical (unpaired) electrons. The molecule has 1 heterocycles. The van der Waals surface area contributed by atoms with Crippen LogP contribution < -0.4 is 16.0 Å². The van der Waals surface area contributed by atoms with Crippen molar-refractivity contribution >= 4 is 11.6 Å². The molecule has 1 aromatic rings. The number of anilines is 1. The summed E-state index contributed by atoms with van der Waals surface area (Å²) in [6, 6.07) is 8.03. The monoisotopic (exact) mass is 233 g/mol. The number of nitrogens with two attached hydrogens (primary N) is 1. The van der Waals surface area contributed by atoms with Gasteiger partial charge < -0.3 is 16.0 Å². The molecule has 0 saturated carbocycles. The Morgan fingerprint density at radius 1 is 1.47 bits per heavy atom. The highest BCUT2D eigenvalue weighted by atomic mass is 16.2. The van der Waals surface area contributed by atoms with Crippen LogP contribution in [-0.4, -0.2) is 31.6 Å². The topological polar surface area (TPSA) is 58.4 Å². The minimum Gasteiger partial charge on any atom is -0.357 e. The zero-order valence-corrected chi connectivity index (χ0v) is 10.1. The van der Waals surface area contributed by atoms with Crippen LogP contribution in [0.5, 0.6) is 0 Å². The predicted molar refractivity (Wildman–Crippen MR) is 69.0 cm³/mol. The highest BCUT2D eigenvalue weighted by molar-refractivity contribution is 5.86. The molecule has 4 heteroatoms. The third kappa shape index (κ3) is 2.42. The number of piperazine rings is 1. The molecule has 0 bridgehead atoms. The van der Waals surface area contributed by atoms with Crippen LogP contribution in [0.3, 0.4) is 0 Å². The largest absolute Gasteiger partial charge is 0.357 e. The fourth-order valence-electron chi connectivity index (χ4n) is 2.33. The van der Waals surface area contributed by atoms with E-state index in [1.807, 2.05) is 12.1 Å². The molecule has 1 amide bonds. The lowest BCUT2D eigenvalue weighted by atomic mass is 10.1. The number of hydrogen-bond acceptors (Lipinski definition) is 3. The Morgan fingerprint density at radius 3 is 2.94 bits per heavy atom. The van der Waals surface area contributed by atoms with Crippen molar-refractivity contribution in [2.45, 2.75) is 19.4 Å². The maximum absolute atomic E-state index is 11.9. The molecule has 0 spiro atoms. The number of carbonyl (C=O) groups excluding carboxylic acids is 1. The summed E-state index contributed by atoms with van der Waals surface area (Å²) in [5.41, 5.74) is 7.93. The summed E-state index contributed by atoms with van der Waals surface area (Å²) in [7, 11) is 0. The number of nitrogens with one attached hydrogen (secondary N) is 1. The lowest BCUT2D eigenvalue weighted by Crippen LogP contribution is -2.56. The van der Waals surface area contributed by atoms with Crippen molar-refractivity contribution < 1.29 is 4.79 Å². The number of amides is 1. The molecule has 17 heavy (non-hydrogen) atoms. The first-order valence-corrected chi connectivity index (χ1v) is 6.04. The molecule has 3 N–H and O–H groups in total. The van der Waals surface area contributed by atoms with Gasteiger partial charge in [0.1, 0.15) is 6.04 Å². The fraction of sp³-hybridized carbons (Fsp3) is 0.462. The van der Waals surface area contributed by atoms with Crippen molar-refractivity contribution in [3.05, 3.63) is 29.8 Å². The Kier molecular flexibility index (Phi) is 3.64. The molecule has 0 aromatic heterocycles. The van der Waals surface area contributed by atoms with Gasteiger partial charge in [0.2, 0.25) is 5.91 Å². The number of aryl methyl sites for hydroxylation is 1. The molecule has 1 aliphatic heterocycles. The normalized spacial score (nSPS) is 20.2. The number of para-hydroxylation sites is 1. The van der Waals surface area contributed by atoms with Crippen LogP contribution >= 0.6 is 0 Å². The molecular weight excluding hydrogens is 214 g/mol. The van der Waals surface area contributed by atoms with E-state index in [0.29, 0.717) is 19.5 Å². The lowest BCUT2D eigenvalue weighted by molar-refractivity contribution is -0.123. The highest BCUT2D eigenvalue weighted by Crippen LogP contribution is 2.23. The number of carbonyl (C=O) groups is 1. The van der Waals surface area contributed by atoms with E-state index in [0.717, 1.165) is 12.2 Å². The molecule has 2 rings (SSSR count).